The summed E-state index contributed by atoms with van der Waals surface area (Å²) < 4.78 is 8.92. The van der Waals surface area contributed by atoms with E-state index in [4.69, 9.17) is 4.74 Å². The number of pyridine rings is 1. The number of fused-ring (bicyclic) bond motifs is 1. The summed E-state index contributed by atoms with van der Waals surface area (Å²) in [6, 6.07) is 2.03. The van der Waals surface area contributed by atoms with Crippen molar-refractivity contribution in [1.82, 2.24) is 19.9 Å². The van der Waals surface area contributed by atoms with E-state index in [9.17, 15) is 0 Å². The van der Waals surface area contributed by atoms with Gasteiger partial charge in [-0.25, -0.2) is 0 Å². The zero-order valence-electron chi connectivity index (χ0n) is 11.9. The Morgan fingerprint density at radius 3 is 2.81 bits per heavy atom. The quantitative estimate of drug-likeness (QED) is 0.920. The highest BCUT2D eigenvalue weighted by Crippen LogP contribution is 2.44. The lowest BCUT2D eigenvalue weighted by atomic mass is 9.99. The molecule has 5 nitrogen and oxygen atoms in total. The first kappa shape index (κ1) is 13.5. The highest BCUT2D eigenvalue weighted by molar-refractivity contribution is 9.10. The van der Waals surface area contributed by atoms with Gasteiger partial charge in [0.25, 0.3) is 0 Å². The van der Waals surface area contributed by atoms with Crippen LogP contribution in [-0.4, -0.2) is 34.3 Å². The molecule has 0 unspecified atom stereocenters. The molecule has 1 N–H and O–H groups in total. The summed E-state index contributed by atoms with van der Waals surface area (Å²) in [5, 5.41) is 11.6. The van der Waals surface area contributed by atoms with Gasteiger partial charge in [-0.1, -0.05) is 0 Å². The van der Waals surface area contributed by atoms with E-state index in [2.05, 4.69) is 37.6 Å². The zero-order chi connectivity index (χ0) is 14.2. The number of rotatable bonds is 4. The Morgan fingerprint density at radius 1 is 1.24 bits per heavy atom. The van der Waals surface area contributed by atoms with Crippen molar-refractivity contribution in [2.75, 3.05) is 19.7 Å². The van der Waals surface area contributed by atoms with E-state index in [1.807, 2.05) is 10.5 Å². The second-order valence-corrected chi connectivity index (χ2v) is 6.78. The predicted octanol–water partition coefficient (Wildman–Crippen LogP) is 2.75. The molecule has 0 bridgehead atoms. The van der Waals surface area contributed by atoms with Crippen molar-refractivity contribution in [3.63, 3.8) is 0 Å². The van der Waals surface area contributed by atoms with Gasteiger partial charge in [0.15, 0.2) is 5.65 Å². The van der Waals surface area contributed by atoms with Crippen molar-refractivity contribution in [1.29, 1.82) is 0 Å². The van der Waals surface area contributed by atoms with Crippen LogP contribution in [0.2, 0.25) is 0 Å². The van der Waals surface area contributed by atoms with Crippen LogP contribution in [0.25, 0.3) is 5.65 Å². The maximum atomic E-state index is 6.17. The fourth-order valence-electron chi connectivity index (χ4n) is 2.99. The largest absolute Gasteiger partial charge is 0.493 e. The highest BCUT2D eigenvalue weighted by Gasteiger charge is 2.28. The molecule has 4 rings (SSSR count). The Balaban J connectivity index is 1.58. The Morgan fingerprint density at radius 2 is 2.05 bits per heavy atom. The Bertz CT molecular complexity index is 646. The lowest BCUT2D eigenvalue weighted by Crippen LogP contribution is -2.30. The molecule has 1 aliphatic carbocycles. The first-order valence-corrected chi connectivity index (χ1v) is 8.48. The van der Waals surface area contributed by atoms with Crippen molar-refractivity contribution in [3.05, 3.63) is 22.6 Å². The fourth-order valence-corrected chi connectivity index (χ4v) is 3.35. The maximum Gasteiger partial charge on any atom is 0.204 e. The van der Waals surface area contributed by atoms with Gasteiger partial charge in [-0.15, -0.1) is 10.2 Å². The SMILES string of the molecule is Brc1nnc2cc(OCC3CCNCC3)c(C3CC3)cn12. The average Bonchev–Trinajstić information content (AvgIpc) is 3.30. The number of nitrogens with zero attached hydrogens (tertiary/aromatic N) is 3. The molecule has 0 amide bonds. The summed E-state index contributed by atoms with van der Waals surface area (Å²) in [4.78, 5) is 0. The summed E-state index contributed by atoms with van der Waals surface area (Å²) in [7, 11) is 0. The second kappa shape index (κ2) is 5.57. The van der Waals surface area contributed by atoms with Crippen molar-refractivity contribution in [3.8, 4) is 5.75 Å². The van der Waals surface area contributed by atoms with Crippen molar-refractivity contribution in [2.24, 2.45) is 5.92 Å². The van der Waals surface area contributed by atoms with Crippen LogP contribution in [0.4, 0.5) is 0 Å². The van der Waals surface area contributed by atoms with Crippen molar-refractivity contribution < 1.29 is 4.74 Å². The third kappa shape index (κ3) is 2.79. The monoisotopic (exact) mass is 350 g/mol. The van der Waals surface area contributed by atoms with Gasteiger partial charge in [-0.3, -0.25) is 4.40 Å². The van der Waals surface area contributed by atoms with E-state index in [1.165, 1.54) is 31.2 Å². The highest BCUT2D eigenvalue weighted by atomic mass is 79.9. The number of halogens is 1. The molecule has 2 aromatic heterocycles. The average molecular weight is 351 g/mol. The minimum atomic E-state index is 0.645. The summed E-state index contributed by atoms with van der Waals surface area (Å²) in [5.41, 5.74) is 2.14. The summed E-state index contributed by atoms with van der Waals surface area (Å²) in [6.07, 6.45) is 7.06. The van der Waals surface area contributed by atoms with Crippen LogP contribution < -0.4 is 10.1 Å². The number of nitrogens with one attached hydrogen (secondary N) is 1. The van der Waals surface area contributed by atoms with Gasteiger partial charge in [0.05, 0.1) is 6.61 Å². The molecular formula is C15H19BrN4O. The van der Waals surface area contributed by atoms with E-state index in [0.717, 1.165) is 35.8 Å². The van der Waals surface area contributed by atoms with Gasteiger partial charge in [0.2, 0.25) is 4.73 Å². The molecule has 3 heterocycles. The Labute approximate surface area is 132 Å². The number of hydrogen-bond donors (Lipinski definition) is 1. The van der Waals surface area contributed by atoms with Gasteiger partial charge in [0, 0.05) is 17.8 Å². The smallest absolute Gasteiger partial charge is 0.204 e. The molecule has 21 heavy (non-hydrogen) atoms. The molecule has 1 aliphatic heterocycles. The molecule has 6 heteroatoms. The van der Waals surface area contributed by atoms with Crippen LogP contribution in [0.15, 0.2) is 17.0 Å². The standard InChI is InChI=1S/C15H19BrN4O/c16-15-19-18-14-7-13(12(8-20(14)15)11-1-2-11)21-9-10-3-5-17-6-4-10/h7-8,10-11,17H,1-6,9H2. The third-order valence-corrected chi connectivity index (χ3v) is 4.98. The molecule has 0 aromatic carbocycles. The molecule has 0 atom stereocenters. The van der Waals surface area contributed by atoms with E-state index < -0.39 is 0 Å². The minimum absolute atomic E-state index is 0.645. The lowest BCUT2D eigenvalue weighted by Gasteiger charge is -2.23. The molecule has 0 radical (unpaired) electrons. The number of hydrogen-bond acceptors (Lipinski definition) is 4. The van der Waals surface area contributed by atoms with E-state index >= 15 is 0 Å². The second-order valence-electron chi connectivity index (χ2n) is 6.07. The summed E-state index contributed by atoms with van der Waals surface area (Å²) in [5.74, 6) is 2.31. The van der Waals surface area contributed by atoms with E-state index in [-0.39, 0.29) is 0 Å². The zero-order valence-corrected chi connectivity index (χ0v) is 13.5. The molecular weight excluding hydrogens is 332 g/mol. The van der Waals surface area contributed by atoms with Crippen LogP contribution in [0.1, 0.15) is 37.2 Å². The van der Waals surface area contributed by atoms with Gasteiger partial charge in [-0.05, 0) is 66.5 Å². The molecule has 2 fully saturated rings. The summed E-state index contributed by atoms with van der Waals surface area (Å²) >= 11 is 3.44. The Kier molecular flexibility index (Phi) is 3.59. The summed E-state index contributed by atoms with van der Waals surface area (Å²) in [6.45, 7) is 3.03. The van der Waals surface area contributed by atoms with Crippen molar-refractivity contribution in [2.45, 2.75) is 31.6 Å². The number of piperidine rings is 1. The van der Waals surface area contributed by atoms with Gasteiger partial charge < -0.3 is 10.1 Å². The number of aromatic nitrogens is 3. The van der Waals surface area contributed by atoms with Crippen LogP contribution in [0.5, 0.6) is 5.75 Å². The lowest BCUT2D eigenvalue weighted by molar-refractivity contribution is 0.213. The predicted molar refractivity (Wildman–Crippen MR) is 83.8 cm³/mol. The molecule has 1 saturated heterocycles. The maximum absolute atomic E-state index is 6.17. The van der Waals surface area contributed by atoms with Crippen LogP contribution >= 0.6 is 15.9 Å². The first-order chi connectivity index (χ1) is 10.3. The van der Waals surface area contributed by atoms with Crippen LogP contribution in [0, 0.1) is 5.92 Å². The molecule has 0 spiro atoms. The first-order valence-electron chi connectivity index (χ1n) is 7.69. The van der Waals surface area contributed by atoms with E-state index in [0.29, 0.717) is 11.8 Å². The van der Waals surface area contributed by atoms with Gasteiger partial charge in [-0.2, -0.15) is 0 Å². The third-order valence-electron chi connectivity index (χ3n) is 4.44. The Hall–Kier alpha value is -1.14. The number of ether oxygens (including phenoxy) is 1. The molecule has 112 valence electrons. The molecule has 1 saturated carbocycles. The van der Waals surface area contributed by atoms with Gasteiger partial charge >= 0.3 is 0 Å². The van der Waals surface area contributed by atoms with Crippen LogP contribution in [0.3, 0.4) is 0 Å². The van der Waals surface area contributed by atoms with Crippen LogP contribution in [-0.2, 0) is 0 Å². The fraction of sp³-hybridized carbons (Fsp3) is 0.600. The molecule has 2 aliphatic rings. The molecule has 2 aromatic rings. The van der Waals surface area contributed by atoms with E-state index in [1.54, 1.807) is 0 Å². The normalized spacial score (nSPS) is 20.0. The topological polar surface area (TPSA) is 51.5 Å². The van der Waals surface area contributed by atoms with Gasteiger partial charge in [0.1, 0.15) is 5.75 Å². The minimum Gasteiger partial charge on any atom is -0.493 e. The van der Waals surface area contributed by atoms with Crippen molar-refractivity contribution >= 4 is 21.6 Å².